The maximum Gasteiger partial charge on any atom is 0.159 e. The summed E-state index contributed by atoms with van der Waals surface area (Å²) in [6, 6.07) is 83.5. The SMILES string of the molecule is c1ccc(N(c2cc(N(c3ccccc3)c3cc4ccccc4c4ccccc34)c3oc4ccc(-c5ccc6sc7ccccc7c6c5)cc4c3c2)c2cccc3ccccc23)cc1. The van der Waals surface area contributed by atoms with Gasteiger partial charge in [0.15, 0.2) is 5.58 Å². The monoisotopic (exact) mass is 834 g/mol. The molecule has 13 aromatic rings. The number of fused-ring (bicyclic) bond motifs is 10. The van der Waals surface area contributed by atoms with Crippen LogP contribution in [0, 0.1) is 0 Å². The van der Waals surface area contributed by atoms with Crippen LogP contribution in [0.25, 0.3) is 85.6 Å². The van der Waals surface area contributed by atoms with Crippen LogP contribution in [-0.4, -0.2) is 0 Å². The van der Waals surface area contributed by atoms with Crippen LogP contribution in [0.5, 0.6) is 0 Å². The van der Waals surface area contributed by atoms with Crippen molar-refractivity contribution in [2.24, 2.45) is 0 Å². The molecule has 2 aromatic heterocycles. The van der Waals surface area contributed by atoms with Gasteiger partial charge >= 0.3 is 0 Å². The van der Waals surface area contributed by atoms with E-state index < -0.39 is 0 Å². The number of furan rings is 1. The minimum absolute atomic E-state index is 0.821. The van der Waals surface area contributed by atoms with Crippen LogP contribution in [0.4, 0.5) is 34.1 Å². The van der Waals surface area contributed by atoms with Crippen molar-refractivity contribution in [3.8, 4) is 11.1 Å². The molecule has 0 spiro atoms. The highest BCUT2D eigenvalue weighted by atomic mass is 32.1. The minimum Gasteiger partial charge on any atom is -0.454 e. The topological polar surface area (TPSA) is 19.6 Å². The van der Waals surface area contributed by atoms with E-state index in [1.807, 2.05) is 11.3 Å². The smallest absolute Gasteiger partial charge is 0.159 e. The summed E-state index contributed by atoms with van der Waals surface area (Å²) in [4.78, 5) is 4.82. The van der Waals surface area contributed by atoms with Crippen molar-refractivity contribution in [2.45, 2.75) is 0 Å². The highest BCUT2D eigenvalue weighted by Gasteiger charge is 2.26. The van der Waals surface area contributed by atoms with E-state index in [4.69, 9.17) is 4.42 Å². The summed E-state index contributed by atoms with van der Waals surface area (Å²) in [7, 11) is 0. The second kappa shape index (κ2) is 14.7. The summed E-state index contributed by atoms with van der Waals surface area (Å²) in [5.74, 6) is 0. The van der Waals surface area contributed by atoms with Crippen LogP contribution in [0.3, 0.4) is 0 Å². The van der Waals surface area contributed by atoms with Gasteiger partial charge in [-0.3, -0.25) is 0 Å². The average Bonchev–Trinajstić information content (AvgIpc) is 3.93. The summed E-state index contributed by atoms with van der Waals surface area (Å²) in [5.41, 5.74) is 10.2. The fraction of sp³-hybridized carbons (Fsp3) is 0. The van der Waals surface area contributed by atoms with Crippen molar-refractivity contribution in [2.75, 3.05) is 9.80 Å². The Labute approximate surface area is 373 Å². The number of rotatable bonds is 7. The van der Waals surface area contributed by atoms with E-state index in [2.05, 4.69) is 240 Å². The molecule has 13 rings (SSSR count). The Kier molecular flexibility index (Phi) is 8.40. The largest absolute Gasteiger partial charge is 0.454 e. The Morgan fingerprint density at radius 1 is 0.297 bits per heavy atom. The van der Waals surface area contributed by atoms with Crippen LogP contribution in [0.1, 0.15) is 0 Å². The van der Waals surface area contributed by atoms with E-state index in [0.29, 0.717) is 0 Å². The average molecular weight is 835 g/mol. The van der Waals surface area contributed by atoms with E-state index in [-0.39, 0.29) is 0 Å². The van der Waals surface area contributed by atoms with Gasteiger partial charge in [0.05, 0.1) is 17.1 Å². The van der Waals surface area contributed by atoms with Crippen molar-refractivity contribution in [3.63, 3.8) is 0 Å². The molecule has 0 atom stereocenters. The lowest BCUT2D eigenvalue weighted by molar-refractivity contribution is 0.669. The van der Waals surface area contributed by atoms with Crippen molar-refractivity contribution in [1.29, 1.82) is 0 Å². The molecule has 0 bridgehead atoms. The fourth-order valence-corrected chi connectivity index (χ4v) is 10.9. The molecule has 300 valence electrons. The third kappa shape index (κ3) is 5.88. The molecule has 4 heteroatoms. The normalized spacial score (nSPS) is 11.8. The van der Waals surface area contributed by atoms with Gasteiger partial charge in [0.1, 0.15) is 5.58 Å². The maximum absolute atomic E-state index is 7.17. The molecule has 2 heterocycles. The highest BCUT2D eigenvalue weighted by Crippen LogP contribution is 2.50. The van der Waals surface area contributed by atoms with Gasteiger partial charge in [0.2, 0.25) is 0 Å². The zero-order valence-corrected chi connectivity index (χ0v) is 35.5. The minimum atomic E-state index is 0.821. The lowest BCUT2D eigenvalue weighted by Crippen LogP contribution is -2.14. The molecule has 0 amide bonds. The predicted molar refractivity (Wildman–Crippen MR) is 274 cm³/mol. The summed E-state index contributed by atoms with van der Waals surface area (Å²) in [6.45, 7) is 0. The third-order valence-electron chi connectivity index (χ3n) is 12.8. The van der Waals surface area contributed by atoms with Gasteiger partial charge in [-0.05, 0) is 112 Å². The molecule has 0 unspecified atom stereocenters. The first kappa shape index (κ1) is 36.5. The molecular formula is C60H38N2OS. The summed E-state index contributed by atoms with van der Waals surface area (Å²) < 4.78 is 9.78. The first-order chi connectivity index (χ1) is 31.7. The standard InChI is InChI=1S/C60H38N2OS/c1-3-19-43(20-4-1)61(54-28-15-18-39-16-7-10-24-47(39)54)45-37-53-51-34-40(41-31-33-59-52(35-41)50-27-13-14-29-58(50)64-59)30-32-57(51)63-60(53)56(38-45)62(44-21-5-2-6-22-44)55-36-42-17-8-9-23-46(42)48-25-11-12-26-49(48)55/h1-38H. The van der Waals surface area contributed by atoms with Crippen molar-refractivity contribution in [1.82, 2.24) is 0 Å². The van der Waals surface area contributed by atoms with Gasteiger partial charge in [-0.25, -0.2) is 0 Å². The molecule has 64 heavy (non-hydrogen) atoms. The van der Waals surface area contributed by atoms with E-state index in [0.717, 1.165) is 67.0 Å². The van der Waals surface area contributed by atoms with Crippen LogP contribution >= 0.6 is 11.3 Å². The molecule has 0 saturated heterocycles. The second-order valence-corrected chi connectivity index (χ2v) is 17.6. The Balaban J connectivity index is 1.13. The van der Waals surface area contributed by atoms with E-state index in [1.165, 1.54) is 52.7 Å². The van der Waals surface area contributed by atoms with E-state index in [1.54, 1.807) is 0 Å². The van der Waals surface area contributed by atoms with Gasteiger partial charge in [-0.2, -0.15) is 0 Å². The fourth-order valence-electron chi connectivity index (χ4n) is 9.84. The molecule has 3 nitrogen and oxygen atoms in total. The number of hydrogen-bond donors (Lipinski definition) is 0. The Morgan fingerprint density at radius 3 is 1.69 bits per heavy atom. The van der Waals surface area contributed by atoms with Gasteiger partial charge in [0, 0.05) is 58.8 Å². The van der Waals surface area contributed by atoms with Crippen LogP contribution in [0.15, 0.2) is 235 Å². The van der Waals surface area contributed by atoms with Crippen LogP contribution in [-0.2, 0) is 0 Å². The number of thiophene rings is 1. The highest BCUT2D eigenvalue weighted by molar-refractivity contribution is 7.25. The van der Waals surface area contributed by atoms with Gasteiger partial charge in [-0.15, -0.1) is 11.3 Å². The number of anilines is 6. The second-order valence-electron chi connectivity index (χ2n) is 16.5. The third-order valence-corrected chi connectivity index (χ3v) is 13.9. The quantitative estimate of drug-likeness (QED) is 0.149. The number of hydrogen-bond acceptors (Lipinski definition) is 4. The Bertz CT molecular complexity index is 3920. The zero-order valence-electron chi connectivity index (χ0n) is 34.7. The molecule has 0 aliphatic heterocycles. The van der Waals surface area contributed by atoms with Gasteiger partial charge in [-0.1, -0.05) is 152 Å². The Morgan fingerprint density at radius 2 is 0.891 bits per heavy atom. The first-order valence-corrected chi connectivity index (χ1v) is 22.6. The molecule has 0 radical (unpaired) electrons. The lowest BCUT2D eigenvalue weighted by atomic mass is 9.98. The summed E-state index contributed by atoms with van der Waals surface area (Å²) >= 11 is 1.85. The molecule has 0 saturated carbocycles. The van der Waals surface area contributed by atoms with Crippen LogP contribution < -0.4 is 9.80 Å². The molecule has 11 aromatic carbocycles. The molecule has 0 aliphatic carbocycles. The van der Waals surface area contributed by atoms with E-state index >= 15 is 0 Å². The molecule has 0 N–H and O–H groups in total. The van der Waals surface area contributed by atoms with Gasteiger partial charge in [0.25, 0.3) is 0 Å². The number of para-hydroxylation sites is 2. The van der Waals surface area contributed by atoms with E-state index in [9.17, 15) is 0 Å². The predicted octanol–water partition coefficient (Wildman–Crippen LogP) is 18.0. The zero-order chi connectivity index (χ0) is 42.1. The molecule has 0 aliphatic rings. The first-order valence-electron chi connectivity index (χ1n) is 21.7. The van der Waals surface area contributed by atoms with Crippen molar-refractivity contribution < 1.29 is 4.42 Å². The maximum atomic E-state index is 7.17. The van der Waals surface area contributed by atoms with Crippen LogP contribution in [0.2, 0.25) is 0 Å². The summed E-state index contributed by atoms with van der Waals surface area (Å²) in [5, 5.41) is 11.8. The molecular weight excluding hydrogens is 797 g/mol. The summed E-state index contributed by atoms with van der Waals surface area (Å²) in [6.07, 6.45) is 0. The number of nitrogens with zero attached hydrogens (tertiary/aromatic N) is 2. The van der Waals surface area contributed by atoms with Crippen molar-refractivity contribution >= 4 is 120 Å². The Hall–Kier alpha value is -8.18. The van der Waals surface area contributed by atoms with Gasteiger partial charge < -0.3 is 14.2 Å². The molecule has 0 fully saturated rings. The van der Waals surface area contributed by atoms with Crippen molar-refractivity contribution in [3.05, 3.63) is 231 Å². The number of benzene rings is 11. The lowest BCUT2D eigenvalue weighted by Gasteiger charge is -2.31.